The molecule has 1 aliphatic heterocycles. The fourth-order valence-corrected chi connectivity index (χ4v) is 2.39. The predicted octanol–water partition coefficient (Wildman–Crippen LogP) is 1.69. The van der Waals surface area contributed by atoms with Crippen molar-refractivity contribution < 1.29 is 14.3 Å². The van der Waals surface area contributed by atoms with Gasteiger partial charge in [-0.2, -0.15) is 0 Å². The van der Waals surface area contributed by atoms with Crippen molar-refractivity contribution in [3.05, 3.63) is 0 Å². The number of likely N-dealkylation sites (tertiary alicyclic amines) is 1. The molecule has 0 bridgehead atoms. The Kier molecular flexibility index (Phi) is 6.52. The second-order valence-corrected chi connectivity index (χ2v) is 4.79. The fraction of sp³-hybridized carbons (Fsp3) is 0.923. The van der Waals surface area contributed by atoms with Crippen molar-refractivity contribution >= 4 is 5.97 Å². The SMILES string of the molecule is CCOC(=O)CC(C)N1CCC(COC)CC1. The minimum atomic E-state index is -0.0842. The molecule has 0 radical (unpaired) electrons. The summed E-state index contributed by atoms with van der Waals surface area (Å²) in [4.78, 5) is 13.8. The summed E-state index contributed by atoms with van der Waals surface area (Å²) in [5, 5.41) is 0. The molecule has 1 heterocycles. The highest BCUT2D eigenvalue weighted by Crippen LogP contribution is 2.20. The van der Waals surface area contributed by atoms with Gasteiger partial charge in [-0.05, 0) is 45.7 Å². The summed E-state index contributed by atoms with van der Waals surface area (Å²) in [5.41, 5.74) is 0. The second-order valence-electron chi connectivity index (χ2n) is 4.79. The molecule has 0 aromatic heterocycles. The van der Waals surface area contributed by atoms with Crippen LogP contribution in [0.25, 0.3) is 0 Å². The number of nitrogens with zero attached hydrogens (tertiary/aromatic N) is 1. The quantitative estimate of drug-likeness (QED) is 0.665. The van der Waals surface area contributed by atoms with E-state index in [1.54, 1.807) is 7.11 Å². The molecule has 1 unspecified atom stereocenters. The van der Waals surface area contributed by atoms with Gasteiger partial charge in [-0.1, -0.05) is 0 Å². The highest BCUT2D eigenvalue weighted by atomic mass is 16.5. The highest BCUT2D eigenvalue weighted by Gasteiger charge is 2.24. The van der Waals surface area contributed by atoms with Crippen molar-refractivity contribution in [2.45, 2.75) is 39.2 Å². The molecule has 100 valence electrons. The summed E-state index contributed by atoms with van der Waals surface area (Å²) in [6, 6.07) is 0.289. The maximum Gasteiger partial charge on any atom is 0.307 e. The summed E-state index contributed by atoms with van der Waals surface area (Å²) >= 11 is 0. The third-order valence-corrected chi connectivity index (χ3v) is 3.44. The topological polar surface area (TPSA) is 38.8 Å². The lowest BCUT2D eigenvalue weighted by Crippen LogP contribution is -2.41. The highest BCUT2D eigenvalue weighted by molar-refractivity contribution is 5.70. The number of hydrogen-bond acceptors (Lipinski definition) is 4. The monoisotopic (exact) mass is 243 g/mol. The molecule has 4 nitrogen and oxygen atoms in total. The molecular weight excluding hydrogens is 218 g/mol. The molecule has 0 aromatic carbocycles. The van der Waals surface area contributed by atoms with Gasteiger partial charge in [0.1, 0.15) is 0 Å². The summed E-state index contributed by atoms with van der Waals surface area (Å²) < 4.78 is 10.2. The lowest BCUT2D eigenvalue weighted by Gasteiger charge is -2.35. The van der Waals surface area contributed by atoms with Crippen molar-refractivity contribution in [2.24, 2.45) is 5.92 Å². The van der Waals surface area contributed by atoms with Gasteiger partial charge >= 0.3 is 5.97 Å². The van der Waals surface area contributed by atoms with Crippen molar-refractivity contribution in [1.82, 2.24) is 4.90 Å². The van der Waals surface area contributed by atoms with Gasteiger partial charge in [-0.3, -0.25) is 4.79 Å². The van der Waals surface area contributed by atoms with E-state index in [0.717, 1.165) is 19.7 Å². The number of hydrogen-bond donors (Lipinski definition) is 0. The average Bonchev–Trinajstić information content (AvgIpc) is 2.30. The van der Waals surface area contributed by atoms with Crippen LogP contribution in [0.3, 0.4) is 0 Å². The predicted molar refractivity (Wildman–Crippen MR) is 66.9 cm³/mol. The van der Waals surface area contributed by atoms with Crippen molar-refractivity contribution in [3.63, 3.8) is 0 Å². The van der Waals surface area contributed by atoms with E-state index in [9.17, 15) is 4.79 Å². The van der Waals surface area contributed by atoms with Crippen LogP contribution in [-0.2, 0) is 14.3 Å². The first kappa shape index (κ1) is 14.5. The van der Waals surface area contributed by atoms with Crippen LogP contribution in [0.15, 0.2) is 0 Å². The van der Waals surface area contributed by atoms with Crippen molar-refractivity contribution in [3.8, 4) is 0 Å². The first-order chi connectivity index (χ1) is 8.17. The van der Waals surface area contributed by atoms with Crippen molar-refractivity contribution in [1.29, 1.82) is 0 Å². The molecule has 1 atom stereocenters. The number of methoxy groups -OCH3 is 1. The molecule has 0 N–H and O–H groups in total. The molecule has 4 heteroatoms. The third-order valence-electron chi connectivity index (χ3n) is 3.44. The zero-order chi connectivity index (χ0) is 12.7. The molecule has 0 amide bonds. The normalized spacial score (nSPS) is 20.2. The van der Waals surface area contributed by atoms with E-state index in [2.05, 4.69) is 11.8 Å². The van der Waals surface area contributed by atoms with E-state index in [4.69, 9.17) is 9.47 Å². The number of rotatable bonds is 6. The van der Waals surface area contributed by atoms with Crippen molar-refractivity contribution in [2.75, 3.05) is 33.4 Å². The van der Waals surface area contributed by atoms with Crippen LogP contribution in [0, 0.1) is 5.92 Å². The molecule has 0 aliphatic carbocycles. The summed E-state index contributed by atoms with van der Waals surface area (Å²) in [5.74, 6) is 0.602. The first-order valence-corrected chi connectivity index (χ1v) is 6.56. The molecular formula is C13H25NO3. The Labute approximate surface area is 104 Å². The van der Waals surface area contributed by atoms with Crippen LogP contribution in [0.4, 0.5) is 0 Å². The minimum absolute atomic E-state index is 0.0842. The Morgan fingerprint density at radius 2 is 2.06 bits per heavy atom. The van der Waals surface area contributed by atoms with Crippen LogP contribution in [0.1, 0.15) is 33.1 Å². The van der Waals surface area contributed by atoms with Gasteiger partial charge in [0.2, 0.25) is 0 Å². The van der Waals surface area contributed by atoms with E-state index in [0.29, 0.717) is 18.9 Å². The lowest BCUT2D eigenvalue weighted by molar-refractivity contribution is -0.144. The molecule has 1 fully saturated rings. The fourth-order valence-electron chi connectivity index (χ4n) is 2.39. The Balaban J connectivity index is 2.25. The zero-order valence-electron chi connectivity index (χ0n) is 11.3. The van der Waals surface area contributed by atoms with Gasteiger partial charge < -0.3 is 14.4 Å². The lowest BCUT2D eigenvalue weighted by atomic mass is 9.96. The zero-order valence-corrected chi connectivity index (χ0v) is 11.3. The van der Waals surface area contributed by atoms with E-state index in [-0.39, 0.29) is 12.0 Å². The van der Waals surface area contributed by atoms with Gasteiger partial charge in [0.25, 0.3) is 0 Å². The van der Waals surface area contributed by atoms with E-state index in [1.165, 1.54) is 12.8 Å². The molecule has 1 saturated heterocycles. The van der Waals surface area contributed by atoms with E-state index in [1.807, 2.05) is 6.92 Å². The number of carbonyl (C=O) groups is 1. The Bertz CT molecular complexity index is 225. The van der Waals surface area contributed by atoms with Gasteiger partial charge in [0.15, 0.2) is 0 Å². The first-order valence-electron chi connectivity index (χ1n) is 6.56. The Hall–Kier alpha value is -0.610. The number of carbonyl (C=O) groups excluding carboxylic acids is 1. The largest absolute Gasteiger partial charge is 0.466 e. The summed E-state index contributed by atoms with van der Waals surface area (Å²) in [7, 11) is 1.76. The van der Waals surface area contributed by atoms with Crippen LogP contribution < -0.4 is 0 Å². The summed E-state index contributed by atoms with van der Waals surface area (Å²) in [6.07, 6.45) is 2.84. The standard InChI is InChI=1S/C13H25NO3/c1-4-17-13(15)9-11(2)14-7-5-12(6-8-14)10-16-3/h11-12H,4-10H2,1-3H3. The number of piperidine rings is 1. The smallest absolute Gasteiger partial charge is 0.307 e. The van der Waals surface area contributed by atoms with Crippen LogP contribution in [0.5, 0.6) is 0 Å². The maximum absolute atomic E-state index is 11.4. The molecule has 0 spiro atoms. The molecule has 17 heavy (non-hydrogen) atoms. The Morgan fingerprint density at radius 1 is 1.41 bits per heavy atom. The van der Waals surface area contributed by atoms with E-state index < -0.39 is 0 Å². The second kappa shape index (κ2) is 7.67. The molecule has 1 aliphatic rings. The number of esters is 1. The van der Waals surface area contributed by atoms with Gasteiger partial charge in [0, 0.05) is 19.8 Å². The molecule has 0 saturated carbocycles. The van der Waals surface area contributed by atoms with Gasteiger partial charge in [-0.25, -0.2) is 0 Å². The Morgan fingerprint density at radius 3 is 2.59 bits per heavy atom. The van der Waals surface area contributed by atoms with Gasteiger partial charge in [0.05, 0.1) is 13.0 Å². The summed E-state index contributed by atoms with van der Waals surface area (Å²) in [6.45, 7) is 7.41. The van der Waals surface area contributed by atoms with Crippen LogP contribution in [0.2, 0.25) is 0 Å². The van der Waals surface area contributed by atoms with Crippen LogP contribution in [-0.4, -0.2) is 50.3 Å². The molecule has 0 aromatic rings. The van der Waals surface area contributed by atoms with E-state index >= 15 is 0 Å². The number of ether oxygens (including phenoxy) is 2. The third kappa shape index (κ3) is 5.04. The average molecular weight is 243 g/mol. The minimum Gasteiger partial charge on any atom is -0.466 e. The maximum atomic E-state index is 11.4. The van der Waals surface area contributed by atoms with Crippen LogP contribution >= 0.6 is 0 Å². The van der Waals surface area contributed by atoms with Gasteiger partial charge in [-0.15, -0.1) is 0 Å². The molecule has 1 rings (SSSR count).